The first kappa shape index (κ1) is 13.7. The molecule has 1 aromatic rings. The maximum absolute atomic E-state index is 12.0. The van der Waals surface area contributed by atoms with Gasteiger partial charge >= 0.3 is 0 Å². The van der Waals surface area contributed by atoms with Crippen molar-refractivity contribution in [3.8, 4) is 0 Å². The van der Waals surface area contributed by atoms with Gasteiger partial charge in [-0.15, -0.1) is 0 Å². The van der Waals surface area contributed by atoms with Crippen LogP contribution in [-0.2, 0) is 9.53 Å². The van der Waals surface area contributed by atoms with Crippen LogP contribution in [0.25, 0.3) is 0 Å². The van der Waals surface area contributed by atoms with Gasteiger partial charge in [0.05, 0.1) is 12.1 Å². The minimum absolute atomic E-state index is 0.110. The van der Waals surface area contributed by atoms with Crippen LogP contribution >= 0.6 is 0 Å². The van der Waals surface area contributed by atoms with Crippen LogP contribution in [0.15, 0.2) is 42.5 Å². The van der Waals surface area contributed by atoms with E-state index in [1.165, 1.54) is 0 Å². The molecule has 19 heavy (non-hydrogen) atoms. The lowest BCUT2D eigenvalue weighted by Crippen LogP contribution is -2.39. The van der Waals surface area contributed by atoms with E-state index in [2.05, 4.69) is 0 Å². The molecule has 1 aliphatic carbocycles. The first-order valence-electron chi connectivity index (χ1n) is 6.09. The third-order valence-corrected chi connectivity index (χ3v) is 3.21. The smallest absolute Gasteiger partial charge is 0.279 e. The fraction of sp³-hybridized carbons (Fsp3) is 0.357. The number of aliphatic hydroxyl groups excluding tert-OH is 1. The molecule has 0 bridgehead atoms. The zero-order valence-corrected chi connectivity index (χ0v) is 10.6. The van der Waals surface area contributed by atoms with E-state index in [0.29, 0.717) is 17.0 Å². The number of aliphatic hydroxyl groups is 1. The zero-order chi connectivity index (χ0) is 13.8. The summed E-state index contributed by atoms with van der Waals surface area (Å²) in [5.41, 5.74) is 0.455. The molecule has 0 radical (unpaired) electrons. The fourth-order valence-electron chi connectivity index (χ4n) is 2.07. The van der Waals surface area contributed by atoms with Gasteiger partial charge in [0.2, 0.25) is 0 Å². The number of benzene rings is 1. The van der Waals surface area contributed by atoms with E-state index in [4.69, 9.17) is 4.74 Å². The van der Waals surface area contributed by atoms with Crippen molar-refractivity contribution in [1.82, 2.24) is 5.06 Å². The Morgan fingerprint density at radius 3 is 2.63 bits per heavy atom. The number of hydrogen-bond acceptors (Lipinski definition) is 4. The molecule has 1 aliphatic rings. The summed E-state index contributed by atoms with van der Waals surface area (Å²) in [5.74, 6) is -0.738. The molecule has 102 valence electrons. The van der Waals surface area contributed by atoms with Crippen molar-refractivity contribution < 1.29 is 19.8 Å². The summed E-state index contributed by atoms with van der Waals surface area (Å²) >= 11 is 0. The number of ether oxygens (including phenoxy) is 1. The Labute approximate surface area is 111 Å². The normalized spacial score (nSPS) is 23.3. The number of hydroxylamine groups is 2. The predicted octanol–water partition coefficient (Wildman–Crippen LogP) is 1.28. The van der Waals surface area contributed by atoms with Gasteiger partial charge in [0, 0.05) is 13.5 Å². The molecular formula is C14H17NO4. The lowest BCUT2D eigenvalue weighted by molar-refractivity contribution is -0.182. The third kappa shape index (κ3) is 3.01. The Morgan fingerprint density at radius 2 is 2.05 bits per heavy atom. The maximum atomic E-state index is 12.0. The highest BCUT2D eigenvalue weighted by Crippen LogP contribution is 2.22. The van der Waals surface area contributed by atoms with Gasteiger partial charge in [-0.3, -0.25) is 10.0 Å². The summed E-state index contributed by atoms with van der Waals surface area (Å²) in [6.07, 6.45) is 2.50. The van der Waals surface area contributed by atoms with Crippen LogP contribution < -0.4 is 0 Å². The SMILES string of the molecule is CO[C@H]1C=C[C@H](N(O)C(=O)[C@H](O)c2ccccc2)C1. The van der Waals surface area contributed by atoms with E-state index >= 15 is 0 Å². The molecule has 5 heteroatoms. The van der Waals surface area contributed by atoms with E-state index in [-0.39, 0.29) is 6.10 Å². The summed E-state index contributed by atoms with van der Waals surface area (Å²) in [6.45, 7) is 0. The molecule has 0 unspecified atom stereocenters. The standard InChI is InChI=1S/C14H17NO4/c1-19-12-8-7-11(9-12)15(18)14(17)13(16)10-5-3-2-4-6-10/h2-8,11-13,16,18H,9H2,1H3/t11-,12-,13+/m0/s1. The van der Waals surface area contributed by atoms with E-state index in [1.807, 2.05) is 0 Å². The molecule has 3 atom stereocenters. The Balaban J connectivity index is 2.02. The quantitative estimate of drug-likeness (QED) is 0.488. The Bertz CT molecular complexity index is 460. The minimum atomic E-state index is -1.36. The van der Waals surface area contributed by atoms with Gasteiger partial charge < -0.3 is 9.84 Å². The highest BCUT2D eigenvalue weighted by atomic mass is 16.5. The summed E-state index contributed by atoms with van der Waals surface area (Å²) in [4.78, 5) is 12.0. The molecule has 2 N–H and O–H groups in total. The van der Waals surface area contributed by atoms with E-state index in [0.717, 1.165) is 0 Å². The van der Waals surface area contributed by atoms with Crippen LogP contribution in [0, 0.1) is 0 Å². The second-order valence-electron chi connectivity index (χ2n) is 4.46. The molecule has 2 rings (SSSR count). The van der Waals surface area contributed by atoms with Gasteiger partial charge in [-0.25, -0.2) is 5.06 Å². The molecule has 0 heterocycles. The first-order chi connectivity index (χ1) is 9.13. The van der Waals surface area contributed by atoms with Crippen LogP contribution in [0.5, 0.6) is 0 Å². The van der Waals surface area contributed by atoms with Crippen molar-refractivity contribution in [1.29, 1.82) is 0 Å². The van der Waals surface area contributed by atoms with E-state index < -0.39 is 18.1 Å². The van der Waals surface area contributed by atoms with Gasteiger partial charge in [0.25, 0.3) is 5.91 Å². The number of nitrogens with zero attached hydrogens (tertiary/aromatic N) is 1. The maximum Gasteiger partial charge on any atom is 0.279 e. The highest BCUT2D eigenvalue weighted by Gasteiger charge is 2.31. The average Bonchev–Trinajstić information content (AvgIpc) is 2.94. The van der Waals surface area contributed by atoms with Crippen molar-refractivity contribution in [2.75, 3.05) is 7.11 Å². The fourth-order valence-corrected chi connectivity index (χ4v) is 2.07. The number of amides is 1. The number of methoxy groups -OCH3 is 1. The molecule has 0 aliphatic heterocycles. The van der Waals surface area contributed by atoms with Crippen molar-refractivity contribution in [2.45, 2.75) is 24.7 Å². The second-order valence-corrected chi connectivity index (χ2v) is 4.46. The van der Waals surface area contributed by atoms with Crippen LogP contribution in [-0.4, -0.2) is 40.5 Å². The molecule has 5 nitrogen and oxygen atoms in total. The van der Waals surface area contributed by atoms with E-state index in [9.17, 15) is 15.1 Å². The molecule has 0 spiro atoms. The number of hydrogen-bond donors (Lipinski definition) is 2. The van der Waals surface area contributed by atoms with Crippen LogP contribution in [0.1, 0.15) is 18.1 Å². The lowest BCUT2D eigenvalue weighted by Gasteiger charge is -2.24. The van der Waals surface area contributed by atoms with Crippen LogP contribution in [0.3, 0.4) is 0 Å². The molecule has 1 aromatic carbocycles. The van der Waals surface area contributed by atoms with Gasteiger partial charge in [-0.2, -0.15) is 0 Å². The minimum Gasteiger partial charge on any atom is -0.378 e. The average molecular weight is 263 g/mol. The Morgan fingerprint density at radius 1 is 1.37 bits per heavy atom. The largest absolute Gasteiger partial charge is 0.378 e. The first-order valence-corrected chi connectivity index (χ1v) is 6.09. The molecule has 0 fully saturated rings. The van der Waals surface area contributed by atoms with Gasteiger partial charge in [-0.05, 0) is 5.56 Å². The summed E-state index contributed by atoms with van der Waals surface area (Å²) in [6, 6.07) is 8.06. The van der Waals surface area contributed by atoms with Gasteiger partial charge in [0.15, 0.2) is 6.10 Å². The van der Waals surface area contributed by atoms with Crippen LogP contribution in [0.4, 0.5) is 0 Å². The van der Waals surface area contributed by atoms with Crippen molar-refractivity contribution in [2.24, 2.45) is 0 Å². The number of carbonyl (C=O) groups excluding carboxylic acids is 1. The summed E-state index contributed by atoms with van der Waals surface area (Å²) in [5, 5.41) is 20.4. The highest BCUT2D eigenvalue weighted by molar-refractivity contribution is 5.81. The lowest BCUT2D eigenvalue weighted by atomic mass is 10.1. The van der Waals surface area contributed by atoms with E-state index in [1.54, 1.807) is 49.6 Å². The van der Waals surface area contributed by atoms with Crippen molar-refractivity contribution >= 4 is 5.91 Å². The summed E-state index contributed by atoms with van der Waals surface area (Å²) in [7, 11) is 1.57. The Hall–Kier alpha value is -1.69. The van der Waals surface area contributed by atoms with Crippen LogP contribution in [0.2, 0.25) is 0 Å². The molecule has 1 amide bonds. The second kappa shape index (κ2) is 5.97. The van der Waals surface area contributed by atoms with Crippen molar-refractivity contribution in [3.05, 3.63) is 48.0 Å². The number of rotatable bonds is 4. The van der Waals surface area contributed by atoms with Gasteiger partial charge in [0.1, 0.15) is 0 Å². The Kier molecular flexibility index (Phi) is 4.31. The van der Waals surface area contributed by atoms with Gasteiger partial charge in [-0.1, -0.05) is 42.5 Å². The third-order valence-electron chi connectivity index (χ3n) is 3.21. The topological polar surface area (TPSA) is 70.0 Å². The molecular weight excluding hydrogens is 246 g/mol. The number of carbonyl (C=O) groups is 1. The zero-order valence-electron chi connectivity index (χ0n) is 10.6. The predicted molar refractivity (Wildman–Crippen MR) is 68.4 cm³/mol. The molecule has 0 saturated carbocycles. The van der Waals surface area contributed by atoms with Crippen molar-refractivity contribution in [3.63, 3.8) is 0 Å². The molecule has 0 aromatic heterocycles. The summed E-state index contributed by atoms with van der Waals surface area (Å²) < 4.78 is 5.12. The molecule has 0 saturated heterocycles. The monoisotopic (exact) mass is 263 g/mol.